The molecule has 0 heterocycles. The molecule has 0 saturated heterocycles. The molecule has 0 bridgehead atoms. The Hall–Kier alpha value is -3.41. The summed E-state index contributed by atoms with van der Waals surface area (Å²) in [6.07, 6.45) is 3.76. The van der Waals surface area contributed by atoms with Crippen molar-refractivity contribution in [1.29, 1.82) is 0 Å². The molecule has 0 N–H and O–H groups in total. The van der Waals surface area contributed by atoms with Crippen LogP contribution in [-0.4, -0.2) is 24.8 Å². The van der Waals surface area contributed by atoms with E-state index in [2.05, 4.69) is 0 Å². The van der Waals surface area contributed by atoms with Crippen LogP contribution >= 0.6 is 0 Å². The van der Waals surface area contributed by atoms with Gasteiger partial charge in [-0.25, -0.2) is 0 Å². The van der Waals surface area contributed by atoms with Gasteiger partial charge >= 0.3 is 11.9 Å². The highest BCUT2D eigenvalue weighted by atomic mass is 16.5. The summed E-state index contributed by atoms with van der Waals surface area (Å²) in [6.45, 7) is 12.7. The smallest absolute Gasteiger partial charge is 0.316 e. The maximum Gasteiger partial charge on any atom is 0.316 e. The number of allylic oxidation sites excluding steroid dienone is 1. The highest BCUT2D eigenvalue weighted by Crippen LogP contribution is 2.32. The number of hydrogen-bond donors (Lipinski definition) is 0. The number of carbonyl (C=O) groups excluding carboxylic acids is 3. The average Bonchev–Trinajstić information content (AvgIpc) is 2.76. The number of methoxy groups -OCH3 is 1. The molecule has 6 heteroatoms. The summed E-state index contributed by atoms with van der Waals surface area (Å²) in [5.41, 5.74) is 0.727. The molecular weight excluding hydrogens is 432 g/mol. The zero-order chi connectivity index (χ0) is 25.7. The van der Waals surface area contributed by atoms with Crippen LogP contribution in [-0.2, 0) is 16.0 Å². The van der Waals surface area contributed by atoms with Crippen LogP contribution in [0.1, 0.15) is 70.0 Å². The van der Waals surface area contributed by atoms with E-state index in [1.54, 1.807) is 78.0 Å². The summed E-state index contributed by atoms with van der Waals surface area (Å²) < 4.78 is 16.4. The normalized spacial score (nSPS) is 11.9. The molecule has 182 valence electrons. The number of benzene rings is 2. The third kappa shape index (κ3) is 7.04. The lowest BCUT2D eigenvalue weighted by Gasteiger charge is -2.19. The standard InChI is InChI=1S/C28H34O6/c1-9-18-16-20(23(32-8)17-24(18)34-26(31)28(5,6)7)12-15-22(29)19-10-13-21(14-11-19)33-25(30)27(2,3)4/h10-17H,9H2,1-8H3/b15-12+. The summed E-state index contributed by atoms with van der Waals surface area (Å²) in [5.74, 6) is 0.430. The van der Waals surface area contributed by atoms with Crippen molar-refractivity contribution in [3.63, 3.8) is 0 Å². The lowest BCUT2D eigenvalue weighted by atomic mass is 9.97. The Morgan fingerprint density at radius 2 is 1.38 bits per heavy atom. The molecule has 2 aromatic rings. The summed E-state index contributed by atoms with van der Waals surface area (Å²) in [7, 11) is 1.52. The maximum absolute atomic E-state index is 12.7. The Labute approximate surface area is 201 Å². The average molecular weight is 467 g/mol. The number of aryl methyl sites for hydroxylation is 1. The molecule has 0 saturated carbocycles. The van der Waals surface area contributed by atoms with Crippen LogP contribution in [0.25, 0.3) is 6.08 Å². The van der Waals surface area contributed by atoms with Crippen LogP contribution in [0.4, 0.5) is 0 Å². The Balaban J connectivity index is 2.23. The highest BCUT2D eigenvalue weighted by Gasteiger charge is 2.25. The fraction of sp³-hybridized carbons (Fsp3) is 0.393. The maximum atomic E-state index is 12.7. The lowest BCUT2D eigenvalue weighted by Crippen LogP contribution is -2.26. The molecule has 2 rings (SSSR count). The molecule has 0 radical (unpaired) electrons. The van der Waals surface area contributed by atoms with E-state index in [1.165, 1.54) is 13.2 Å². The van der Waals surface area contributed by atoms with Gasteiger partial charge in [-0.05, 0) is 96.0 Å². The van der Waals surface area contributed by atoms with Crippen molar-refractivity contribution in [2.45, 2.75) is 54.9 Å². The van der Waals surface area contributed by atoms with Crippen molar-refractivity contribution in [2.75, 3.05) is 7.11 Å². The first-order valence-corrected chi connectivity index (χ1v) is 11.2. The largest absolute Gasteiger partial charge is 0.496 e. The second kappa shape index (κ2) is 10.7. The number of ketones is 1. The van der Waals surface area contributed by atoms with Crippen molar-refractivity contribution in [3.05, 3.63) is 59.2 Å². The molecule has 0 aliphatic heterocycles. The Kier molecular flexibility index (Phi) is 8.43. The minimum Gasteiger partial charge on any atom is -0.496 e. The first-order valence-electron chi connectivity index (χ1n) is 11.2. The van der Waals surface area contributed by atoms with E-state index in [4.69, 9.17) is 14.2 Å². The van der Waals surface area contributed by atoms with Crippen LogP contribution in [0.5, 0.6) is 17.2 Å². The number of rotatable bonds is 7. The second-order valence-electron chi connectivity index (χ2n) is 10.1. The lowest BCUT2D eigenvalue weighted by molar-refractivity contribution is -0.143. The summed E-state index contributed by atoms with van der Waals surface area (Å²) in [6, 6.07) is 9.94. The van der Waals surface area contributed by atoms with Gasteiger partial charge in [0.2, 0.25) is 0 Å². The number of esters is 2. The predicted octanol–water partition coefficient (Wildman–Crippen LogP) is 6.06. The minimum atomic E-state index is -0.635. The van der Waals surface area contributed by atoms with Gasteiger partial charge < -0.3 is 14.2 Å². The van der Waals surface area contributed by atoms with E-state index < -0.39 is 10.8 Å². The van der Waals surface area contributed by atoms with Crippen molar-refractivity contribution in [3.8, 4) is 17.2 Å². The first kappa shape index (κ1) is 26.8. The minimum absolute atomic E-state index is 0.211. The molecular formula is C28H34O6. The number of carbonyl (C=O) groups is 3. The Morgan fingerprint density at radius 3 is 1.88 bits per heavy atom. The van der Waals surface area contributed by atoms with Gasteiger partial charge in [-0.1, -0.05) is 6.92 Å². The monoisotopic (exact) mass is 466 g/mol. The molecule has 0 amide bonds. The van der Waals surface area contributed by atoms with E-state index in [1.807, 2.05) is 13.0 Å². The van der Waals surface area contributed by atoms with Gasteiger partial charge in [0.25, 0.3) is 0 Å². The van der Waals surface area contributed by atoms with E-state index in [-0.39, 0.29) is 17.7 Å². The van der Waals surface area contributed by atoms with Crippen molar-refractivity contribution in [1.82, 2.24) is 0 Å². The van der Waals surface area contributed by atoms with Gasteiger partial charge in [0.05, 0.1) is 17.9 Å². The van der Waals surface area contributed by atoms with Crippen LogP contribution < -0.4 is 14.2 Å². The van der Waals surface area contributed by atoms with E-state index in [0.717, 1.165) is 5.56 Å². The third-order valence-corrected chi connectivity index (χ3v) is 4.98. The third-order valence-electron chi connectivity index (χ3n) is 4.98. The fourth-order valence-electron chi connectivity index (χ4n) is 2.77. The van der Waals surface area contributed by atoms with E-state index in [9.17, 15) is 14.4 Å². The topological polar surface area (TPSA) is 78.9 Å². The van der Waals surface area contributed by atoms with Gasteiger partial charge in [0.15, 0.2) is 5.78 Å². The molecule has 0 unspecified atom stereocenters. The quantitative estimate of drug-likeness (QED) is 0.214. The van der Waals surface area contributed by atoms with Gasteiger partial charge in [0.1, 0.15) is 17.2 Å². The van der Waals surface area contributed by atoms with Crippen LogP contribution in [0.15, 0.2) is 42.5 Å². The molecule has 0 aliphatic carbocycles. The van der Waals surface area contributed by atoms with E-state index in [0.29, 0.717) is 34.8 Å². The molecule has 0 aliphatic rings. The van der Waals surface area contributed by atoms with Crippen LogP contribution in [0.3, 0.4) is 0 Å². The molecule has 6 nitrogen and oxygen atoms in total. The molecule has 0 fully saturated rings. The second-order valence-corrected chi connectivity index (χ2v) is 10.1. The zero-order valence-electron chi connectivity index (χ0n) is 21.3. The van der Waals surface area contributed by atoms with Gasteiger partial charge in [-0.15, -0.1) is 0 Å². The zero-order valence-corrected chi connectivity index (χ0v) is 21.3. The van der Waals surface area contributed by atoms with Crippen molar-refractivity contribution >= 4 is 23.8 Å². The van der Waals surface area contributed by atoms with Gasteiger partial charge in [0, 0.05) is 17.2 Å². The van der Waals surface area contributed by atoms with Crippen LogP contribution in [0.2, 0.25) is 0 Å². The highest BCUT2D eigenvalue weighted by molar-refractivity contribution is 6.07. The Morgan fingerprint density at radius 1 is 0.824 bits per heavy atom. The first-order chi connectivity index (χ1) is 15.8. The molecule has 2 aromatic carbocycles. The summed E-state index contributed by atoms with van der Waals surface area (Å²) in [4.78, 5) is 37.0. The summed E-state index contributed by atoms with van der Waals surface area (Å²) >= 11 is 0. The molecule has 0 spiro atoms. The summed E-state index contributed by atoms with van der Waals surface area (Å²) in [5, 5.41) is 0. The predicted molar refractivity (Wildman–Crippen MR) is 132 cm³/mol. The number of hydrogen-bond acceptors (Lipinski definition) is 6. The molecule has 0 atom stereocenters. The Bertz CT molecular complexity index is 1080. The van der Waals surface area contributed by atoms with Crippen LogP contribution in [0, 0.1) is 10.8 Å². The van der Waals surface area contributed by atoms with Crippen molar-refractivity contribution < 1.29 is 28.6 Å². The van der Waals surface area contributed by atoms with Gasteiger partial charge in [-0.2, -0.15) is 0 Å². The molecule has 34 heavy (non-hydrogen) atoms. The van der Waals surface area contributed by atoms with Crippen molar-refractivity contribution in [2.24, 2.45) is 10.8 Å². The SMILES string of the molecule is CCc1cc(/C=C/C(=O)c2ccc(OC(=O)C(C)(C)C)cc2)c(OC)cc1OC(=O)C(C)(C)C. The molecule has 0 aromatic heterocycles. The van der Waals surface area contributed by atoms with Gasteiger partial charge in [-0.3, -0.25) is 14.4 Å². The fourth-order valence-corrected chi connectivity index (χ4v) is 2.77. The van der Waals surface area contributed by atoms with E-state index >= 15 is 0 Å². The number of ether oxygens (including phenoxy) is 3.